The average molecular weight is 242 g/mol. The van der Waals surface area contributed by atoms with Crippen molar-refractivity contribution in [3.05, 3.63) is 23.8 Å². The normalized spacial score (nSPS) is 15.0. The SMILES string of the molecule is O=C1CNc2c(CP(=O)(O)O)cccc2N1. The summed E-state index contributed by atoms with van der Waals surface area (Å²) in [5.74, 6) is -0.166. The van der Waals surface area contributed by atoms with Crippen LogP contribution in [0.2, 0.25) is 0 Å². The van der Waals surface area contributed by atoms with Crippen LogP contribution in [0.4, 0.5) is 11.4 Å². The summed E-state index contributed by atoms with van der Waals surface area (Å²) in [5, 5.41) is 5.48. The summed E-state index contributed by atoms with van der Waals surface area (Å²) in [4.78, 5) is 28.9. The zero-order valence-electron chi connectivity index (χ0n) is 8.30. The quantitative estimate of drug-likeness (QED) is 0.573. The second-order valence-electron chi connectivity index (χ2n) is 3.56. The molecule has 1 aliphatic heterocycles. The van der Waals surface area contributed by atoms with Gasteiger partial charge in [0.2, 0.25) is 5.91 Å². The number of carbonyl (C=O) groups excluding carboxylic acids is 1. The van der Waals surface area contributed by atoms with Crippen molar-refractivity contribution in [1.29, 1.82) is 0 Å². The molecule has 0 saturated carbocycles. The van der Waals surface area contributed by atoms with Gasteiger partial charge in [0.05, 0.1) is 24.1 Å². The predicted octanol–water partition coefficient (Wildman–Crippen LogP) is 0.728. The highest BCUT2D eigenvalue weighted by molar-refractivity contribution is 7.50. The molecule has 86 valence electrons. The van der Waals surface area contributed by atoms with E-state index in [4.69, 9.17) is 9.79 Å². The number of anilines is 2. The highest BCUT2D eigenvalue weighted by atomic mass is 31.2. The van der Waals surface area contributed by atoms with Crippen LogP contribution in [0, 0.1) is 0 Å². The molecule has 1 aromatic carbocycles. The molecule has 6 nitrogen and oxygen atoms in total. The van der Waals surface area contributed by atoms with Gasteiger partial charge in [0.1, 0.15) is 0 Å². The summed E-state index contributed by atoms with van der Waals surface area (Å²) in [6.07, 6.45) is -0.334. The van der Waals surface area contributed by atoms with E-state index in [9.17, 15) is 9.36 Å². The number of rotatable bonds is 2. The van der Waals surface area contributed by atoms with Crippen molar-refractivity contribution in [2.24, 2.45) is 0 Å². The highest BCUT2D eigenvalue weighted by Gasteiger charge is 2.21. The maximum absolute atomic E-state index is 11.1. The number of hydrogen-bond donors (Lipinski definition) is 4. The van der Waals surface area contributed by atoms with Gasteiger partial charge in [-0.2, -0.15) is 0 Å². The molecule has 0 aliphatic carbocycles. The van der Waals surface area contributed by atoms with Gasteiger partial charge in [0, 0.05) is 0 Å². The van der Waals surface area contributed by atoms with Crippen molar-refractivity contribution in [1.82, 2.24) is 0 Å². The summed E-state index contributed by atoms with van der Waals surface area (Å²) in [7, 11) is -4.10. The van der Waals surface area contributed by atoms with E-state index in [1.807, 2.05) is 0 Å². The maximum Gasteiger partial charge on any atom is 0.329 e. The predicted molar refractivity (Wildman–Crippen MR) is 59.3 cm³/mol. The Hall–Kier alpha value is -1.36. The first-order chi connectivity index (χ1) is 7.46. The third-order valence-electron chi connectivity index (χ3n) is 2.23. The Morgan fingerprint density at radius 2 is 2.12 bits per heavy atom. The smallest absolute Gasteiger partial charge is 0.329 e. The van der Waals surface area contributed by atoms with E-state index in [0.717, 1.165) is 0 Å². The third kappa shape index (κ3) is 2.41. The minimum Gasteiger partial charge on any atom is -0.374 e. The summed E-state index contributed by atoms with van der Waals surface area (Å²) in [6, 6.07) is 4.96. The minimum atomic E-state index is -4.10. The van der Waals surface area contributed by atoms with Crippen molar-refractivity contribution in [3.63, 3.8) is 0 Å². The Bertz CT molecular complexity index is 482. The zero-order chi connectivity index (χ0) is 11.8. The number of hydrogen-bond acceptors (Lipinski definition) is 3. The molecular weight excluding hydrogens is 231 g/mol. The molecule has 1 aliphatic rings. The molecule has 0 spiro atoms. The molecule has 1 aromatic rings. The first kappa shape index (κ1) is 11.1. The Kier molecular flexibility index (Phi) is 2.71. The first-order valence-corrected chi connectivity index (χ1v) is 6.46. The molecule has 2 rings (SSSR count). The third-order valence-corrected chi connectivity index (χ3v) is 2.98. The summed E-state index contributed by atoms with van der Waals surface area (Å²) in [6.45, 7) is 0.116. The van der Waals surface area contributed by atoms with Crippen molar-refractivity contribution in [2.75, 3.05) is 17.2 Å². The van der Waals surface area contributed by atoms with E-state index in [1.54, 1.807) is 18.2 Å². The van der Waals surface area contributed by atoms with Crippen LogP contribution in [0.5, 0.6) is 0 Å². The van der Waals surface area contributed by atoms with E-state index in [2.05, 4.69) is 10.6 Å². The van der Waals surface area contributed by atoms with Crippen LogP contribution in [0.1, 0.15) is 5.56 Å². The number of amides is 1. The fourth-order valence-electron chi connectivity index (χ4n) is 1.63. The van der Waals surface area contributed by atoms with Crippen LogP contribution < -0.4 is 10.6 Å². The zero-order valence-corrected chi connectivity index (χ0v) is 9.20. The summed E-state index contributed by atoms with van der Waals surface area (Å²) < 4.78 is 10.9. The van der Waals surface area contributed by atoms with Gasteiger partial charge in [-0.05, 0) is 11.6 Å². The minimum absolute atomic E-state index is 0.116. The number of fused-ring (bicyclic) bond motifs is 1. The van der Waals surface area contributed by atoms with Gasteiger partial charge >= 0.3 is 7.60 Å². The number of para-hydroxylation sites is 1. The van der Waals surface area contributed by atoms with Crippen LogP contribution in [0.25, 0.3) is 0 Å². The standard InChI is InChI=1S/C9H11N2O4P/c12-8-4-10-9-6(5-16(13,14)15)2-1-3-7(9)11-8/h1-3,10H,4-5H2,(H,11,12)(H2,13,14,15). The van der Waals surface area contributed by atoms with Gasteiger partial charge in [-0.1, -0.05) is 12.1 Å². The lowest BCUT2D eigenvalue weighted by atomic mass is 10.1. The van der Waals surface area contributed by atoms with E-state index in [0.29, 0.717) is 16.9 Å². The molecule has 0 fully saturated rings. The largest absolute Gasteiger partial charge is 0.374 e. The lowest BCUT2D eigenvalue weighted by Crippen LogP contribution is -2.28. The van der Waals surface area contributed by atoms with Crippen molar-refractivity contribution in [3.8, 4) is 0 Å². The molecule has 0 bridgehead atoms. The average Bonchev–Trinajstić information content (AvgIpc) is 2.15. The summed E-state index contributed by atoms with van der Waals surface area (Å²) in [5.41, 5.74) is 1.65. The van der Waals surface area contributed by atoms with Crippen molar-refractivity contribution < 1.29 is 19.1 Å². The van der Waals surface area contributed by atoms with E-state index in [1.165, 1.54) is 0 Å². The number of nitrogens with one attached hydrogen (secondary N) is 2. The molecule has 0 unspecified atom stereocenters. The highest BCUT2D eigenvalue weighted by Crippen LogP contribution is 2.42. The van der Waals surface area contributed by atoms with Gasteiger partial charge in [-0.15, -0.1) is 0 Å². The van der Waals surface area contributed by atoms with Gasteiger partial charge in [0.15, 0.2) is 0 Å². The Morgan fingerprint density at radius 1 is 1.38 bits per heavy atom. The second-order valence-corrected chi connectivity index (χ2v) is 5.21. The summed E-state index contributed by atoms with van der Waals surface area (Å²) >= 11 is 0. The molecule has 4 N–H and O–H groups in total. The van der Waals surface area contributed by atoms with E-state index < -0.39 is 7.60 Å². The molecule has 1 heterocycles. The van der Waals surface area contributed by atoms with E-state index >= 15 is 0 Å². The Balaban J connectivity index is 2.37. The molecular formula is C9H11N2O4P. The fourth-order valence-corrected chi connectivity index (χ4v) is 2.34. The molecule has 1 amide bonds. The van der Waals surface area contributed by atoms with Crippen LogP contribution in [-0.2, 0) is 15.5 Å². The number of carbonyl (C=O) groups is 1. The van der Waals surface area contributed by atoms with E-state index in [-0.39, 0.29) is 18.6 Å². The molecule has 16 heavy (non-hydrogen) atoms. The maximum atomic E-state index is 11.1. The van der Waals surface area contributed by atoms with Crippen LogP contribution >= 0.6 is 7.60 Å². The lowest BCUT2D eigenvalue weighted by Gasteiger charge is -2.21. The second kappa shape index (κ2) is 3.90. The monoisotopic (exact) mass is 242 g/mol. The van der Waals surface area contributed by atoms with Crippen LogP contribution in [0.3, 0.4) is 0 Å². The lowest BCUT2D eigenvalue weighted by molar-refractivity contribution is -0.114. The number of benzene rings is 1. The van der Waals surface area contributed by atoms with Gasteiger partial charge in [0.25, 0.3) is 0 Å². The topological polar surface area (TPSA) is 98.7 Å². The van der Waals surface area contributed by atoms with Crippen LogP contribution in [-0.4, -0.2) is 22.2 Å². The van der Waals surface area contributed by atoms with Gasteiger partial charge in [-0.25, -0.2) is 0 Å². The van der Waals surface area contributed by atoms with Crippen molar-refractivity contribution in [2.45, 2.75) is 6.16 Å². The van der Waals surface area contributed by atoms with Crippen molar-refractivity contribution >= 4 is 24.9 Å². The Morgan fingerprint density at radius 3 is 2.81 bits per heavy atom. The molecule has 0 saturated heterocycles. The van der Waals surface area contributed by atoms with Gasteiger partial charge in [-0.3, -0.25) is 9.36 Å². The Labute approximate surface area is 91.8 Å². The van der Waals surface area contributed by atoms with Crippen LogP contribution in [0.15, 0.2) is 18.2 Å². The van der Waals surface area contributed by atoms with Gasteiger partial charge < -0.3 is 20.4 Å². The first-order valence-electron chi connectivity index (χ1n) is 4.66. The molecule has 0 atom stereocenters. The molecule has 7 heteroatoms. The fraction of sp³-hybridized carbons (Fsp3) is 0.222. The molecule has 0 radical (unpaired) electrons. The molecule has 0 aromatic heterocycles.